The highest BCUT2D eigenvalue weighted by atomic mass is 19.4. The van der Waals surface area contributed by atoms with E-state index in [1.165, 1.54) is 0 Å². The molecule has 1 fully saturated rings. The zero-order valence-electron chi connectivity index (χ0n) is 24.8. The van der Waals surface area contributed by atoms with Gasteiger partial charge in [0.05, 0.1) is 22.3 Å². The number of aryl methyl sites for hydroxylation is 1. The molecule has 13 heteroatoms. The number of halogens is 3. The Kier molecular flexibility index (Phi) is 11.3. The second kappa shape index (κ2) is 14.7. The molecule has 5 rings (SSSR count). The zero-order chi connectivity index (χ0) is 32.0. The lowest BCUT2D eigenvalue weighted by Crippen LogP contribution is -2.32. The molecule has 10 nitrogen and oxygen atoms in total. The summed E-state index contributed by atoms with van der Waals surface area (Å²) in [6, 6.07) is 18.9. The van der Waals surface area contributed by atoms with Crippen LogP contribution < -0.4 is 5.32 Å². The van der Waals surface area contributed by atoms with Gasteiger partial charge in [-0.1, -0.05) is 43.7 Å². The van der Waals surface area contributed by atoms with Crippen molar-refractivity contribution in [1.82, 2.24) is 14.5 Å². The van der Waals surface area contributed by atoms with Crippen molar-refractivity contribution < 1.29 is 43.2 Å². The molecule has 1 aromatic heterocycles. The summed E-state index contributed by atoms with van der Waals surface area (Å²) in [5.74, 6) is -2.75. The smallest absolute Gasteiger partial charge is 0.478 e. The maximum Gasteiger partial charge on any atom is 0.490 e. The number of nitrogens with zero attached hydrogens (tertiary/aromatic N) is 3. The van der Waals surface area contributed by atoms with Gasteiger partial charge in [0.15, 0.2) is 0 Å². The summed E-state index contributed by atoms with van der Waals surface area (Å²) in [6.07, 6.45) is -0.134. The number of imidazole rings is 1. The normalized spacial score (nSPS) is 12.7. The highest BCUT2D eigenvalue weighted by molar-refractivity contribution is 5.97. The number of urea groups is 1. The van der Waals surface area contributed by atoms with E-state index in [1.54, 1.807) is 12.1 Å². The average molecular weight is 629 g/mol. The first-order valence-corrected chi connectivity index (χ1v) is 14.2. The number of hydrogen-bond acceptors (Lipinski definition) is 4. The summed E-state index contributed by atoms with van der Waals surface area (Å²) in [4.78, 5) is 40.4. The molecular formula is C32H35F3N4O6. The Balaban J connectivity index is 0.000000621. The number of rotatable bonds is 7. The number of carbonyl (C=O) groups is 3. The van der Waals surface area contributed by atoms with E-state index in [-0.39, 0.29) is 17.1 Å². The topological polar surface area (TPSA) is 156 Å². The summed E-state index contributed by atoms with van der Waals surface area (Å²) in [5, 5.41) is 20.0. The number of carboxylic acid groups (broad SMARTS) is 2. The number of fused-ring (bicyclic) bond motifs is 1. The Labute approximate surface area is 257 Å². The van der Waals surface area contributed by atoms with Crippen molar-refractivity contribution in [2.24, 2.45) is 0 Å². The molecule has 1 aliphatic heterocycles. The van der Waals surface area contributed by atoms with E-state index >= 15 is 0 Å². The molecule has 0 bridgehead atoms. The third-order valence-electron chi connectivity index (χ3n) is 7.36. The van der Waals surface area contributed by atoms with E-state index in [0.29, 0.717) is 5.56 Å². The summed E-state index contributed by atoms with van der Waals surface area (Å²) < 4.78 is 33.9. The molecule has 1 saturated heterocycles. The summed E-state index contributed by atoms with van der Waals surface area (Å²) in [7, 11) is 0. The van der Waals surface area contributed by atoms with Gasteiger partial charge in [0.1, 0.15) is 5.82 Å². The summed E-state index contributed by atoms with van der Waals surface area (Å²) >= 11 is 0. The number of carboxylic acids is 2. The first-order chi connectivity index (χ1) is 20.9. The van der Waals surface area contributed by atoms with Crippen molar-refractivity contribution in [2.45, 2.75) is 52.1 Å². The predicted octanol–water partition coefficient (Wildman–Crippen LogP) is 6.48. The third-order valence-corrected chi connectivity index (χ3v) is 7.36. The van der Waals surface area contributed by atoms with Crippen molar-refractivity contribution in [3.63, 3.8) is 0 Å². The molecule has 0 atom stereocenters. The Morgan fingerprint density at radius 2 is 1.60 bits per heavy atom. The molecule has 0 unspecified atom stereocenters. The van der Waals surface area contributed by atoms with Crippen LogP contribution in [0.3, 0.4) is 0 Å². The Morgan fingerprint density at radius 3 is 2.22 bits per heavy atom. The first kappa shape index (κ1) is 34.6. The van der Waals surface area contributed by atoms with E-state index < -0.39 is 18.1 Å². The van der Waals surface area contributed by atoms with Gasteiger partial charge >= 0.3 is 24.1 Å². The lowest BCUT2D eigenvalue weighted by Gasteiger charge is -2.18. The number of aromatic carboxylic acids is 1. The van der Waals surface area contributed by atoms with Crippen LogP contribution in [0.25, 0.3) is 27.8 Å². The molecule has 240 valence electrons. The summed E-state index contributed by atoms with van der Waals surface area (Å²) in [6.45, 7) is 5.76. The van der Waals surface area contributed by atoms with Crippen LogP contribution in [0.1, 0.15) is 54.4 Å². The van der Waals surface area contributed by atoms with Gasteiger partial charge in [-0.3, -0.25) is 4.57 Å². The third kappa shape index (κ3) is 7.98. The van der Waals surface area contributed by atoms with Crippen molar-refractivity contribution >= 4 is 34.7 Å². The molecule has 0 aliphatic carbocycles. The molecule has 2 heterocycles. The SMILES string of the molecule is CCCCc1nc2ccc(NC(=O)N3CCCC3)cc2n1-c1cccc(-c2ccccc2C(=O)O)c1C.O.O=C(O)C(F)(F)F. The molecule has 0 saturated carbocycles. The first-order valence-electron chi connectivity index (χ1n) is 14.2. The van der Waals surface area contributed by atoms with Crippen LogP contribution in [0.5, 0.6) is 0 Å². The summed E-state index contributed by atoms with van der Waals surface area (Å²) in [5.41, 5.74) is 6.27. The van der Waals surface area contributed by atoms with Gasteiger partial charge in [0, 0.05) is 25.2 Å². The number of hydrogen-bond donors (Lipinski definition) is 3. The van der Waals surface area contributed by atoms with Gasteiger partial charge in [-0.05, 0) is 73.2 Å². The second-order valence-electron chi connectivity index (χ2n) is 10.4. The number of carbonyl (C=O) groups excluding carboxylic acids is 1. The molecule has 0 radical (unpaired) electrons. The van der Waals surface area contributed by atoms with Gasteiger partial charge in [-0.15, -0.1) is 0 Å². The number of aliphatic carboxylic acids is 1. The van der Waals surface area contributed by atoms with E-state index in [4.69, 9.17) is 14.9 Å². The number of amides is 2. The van der Waals surface area contributed by atoms with Crippen LogP contribution in [-0.2, 0) is 11.2 Å². The zero-order valence-corrected chi connectivity index (χ0v) is 24.8. The van der Waals surface area contributed by atoms with Gasteiger partial charge < -0.3 is 25.9 Å². The fourth-order valence-corrected chi connectivity index (χ4v) is 5.16. The fourth-order valence-electron chi connectivity index (χ4n) is 5.16. The van der Waals surface area contributed by atoms with E-state index in [9.17, 15) is 27.9 Å². The molecule has 2 amide bonds. The molecule has 45 heavy (non-hydrogen) atoms. The van der Waals surface area contributed by atoms with Crippen molar-refractivity contribution in [1.29, 1.82) is 0 Å². The lowest BCUT2D eigenvalue weighted by atomic mass is 9.95. The Bertz CT molecular complexity index is 1680. The van der Waals surface area contributed by atoms with Gasteiger partial charge in [0.25, 0.3) is 0 Å². The quantitative estimate of drug-likeness (QED) is 0.213. The molecule has 1 aliphatic rings. The minimum absolute atomic E-state index is 0. The number of unbranched alkanes of at least 4 members (excludes halogenated alkanes) is 1. The number of alkyl halides is 3. The van der Waals surface area contributed by atoms with E-state index in [1.807, 2.05) is 60.4 Å². The van der Waals surface area contributed by atoms with E-state index in [0.717, 1.165) is 84.6 Å². The Morgan fingerprint density at radius 1 is 0.956 bits per heavy atom. The van der Waals surface area contributed by atoms with Crippen LogP contribution in [0.2, 0.25) is 0 Å². The molecule has 3 aromatic carbocycles. The monoisotopic (exact) mass is 628 g/mol. The minimum atomic E-state index is -5.08. The van der Waals surface area contributed by atoms with Gasteiger partial charge in [-0.2, -0.15) is 13.2 Å². The number of anilines is 1. The largest absolute Gasteiger partial charge is 0.490 e. The molecule has 5 N–H and O–H groups in total. The number of likely N-dealkylation sites (tertiary alicyclic amines) is 1. The maximum absolute atomic E-state index is 12.7. The van der Waals surface area contributed by atoms with Crippen LogP contribution in [-0.4, -0.2) is 67.4 Å². The van der Waals surface area contributed by atoms with Crippen LogP contribution in [0.4, 0.5) is 23.7 Å². The standard InChI is InChI=1S/C30H32N4O3.C2HF3O2.H2O/c1-3-4-14-28-32-25-16-15-21(31-30(37)33-17-7-8-18-33)19-27(25)34(28)26-13-9-12-22(20(26)2)23-10-5-6-11-24(23)29(35)36;3-2(4,5)1(6)7;/h5-6,9-13,15-16,19H,3-4,7-8,14,17-18H2,1-2H3,(H,31,37)(H,35,36);(H,6,7);1H2. The number of nitrogens with one attached hydrogen (secondary N) is 1. The van der Waals surface area contributed by atoms with Gasteiger partial charge in [0.2, 0.25) is 0 Å². The van der Waals surface area contributed by atoms with Crippen LogP contribution >= 0.6 is 0 Å². The lowest BCUT2D eigenvalue weighted by molar-refractivity contribution is -0.192. The maximum atomic E-state index is 12.7. The highest BCUT2D eigenvalue weighted by Gasteiger charge is 2.38. The molecule has 0 spiro atoms. The fraction of sp³-hybridized carbons (Fsp3) is 0.312. The van der Waals surface area contributed by atoms with Crippen molar-refractivity contribution in [2.75, 3.05) is 18.4 Å². The highest BCUT2D eigenvalue weighted by Crippen LogP contribution is 2.34. The number of aromatic nitrogens is 2. The van der Waals surface area contributed by atoms with Crippen LogP contribution in [0, 0.1) is 6.92 Å². The minimum Gasteiger partial charge on any atom is -0.478 e. The van der Waals surface area contributed by atoms with Crippen molar-refractivity contribution in [3.05, 3.63) is 77.6 Å². The average Bonchev–Trinajstić information content (AvgIpc) is 3.65. The second-order valence-corrected chi connectivity index (χ2v) is 10.4. The van der Waals surface area contributed by atoms with Crippen LogP contribution in [0.15, 0.2) is 60.7 Å². The van der Waals surface area contributed by atoms with Gasteiger partial charge in [-0.25, -0.2) is 19.4 Å². The number of benzene rings is 3. The Hall–Kier alpha value is -4.91. The predicted molar refractivity (Wildman–Crippen MR) is 164 cm³/mol. The molecular weight excluding hydrogens is 593 g/mol. The van der Waals surface area contributed by atoms with Crippen molar-refractivity contribution in [3.8, 4) is 16.8 Å². The van der Waals surface area contributed by atoms with E-state index in [2.05, 4.69) is 16.8 Å². The molecule has 4 aromatic rings.